The topological polar surface area (TPSA) is 88.8 Å². The van der Waals surface area contributed by atoms with Crippen LogP contribution in [0.3, 0.4) is 0 Å². The van der Waals surface area contributed by atoms with Crippen molar-refractivity contribution in [3.8, 4) is 0 Å². The van der Waals surface area contributed by atoms with Crippen molar-refractivity contribution >= 4 is 33.9 Å². The van der Waals surface area contributed by atoms with Crippen molar-refractivity contribution < 1.29 is 0 Å². The van der Waals surface area contributed by atoms with E-state index in [0.29, 0.717) is 18.1 Å². The lowest BCUT2D eigenvalue weighted by molar-refractivity contribution is 1.12. The van der Waals surface area contributed by atoms with Gasteiger partial charge in [0.25, 0.3) is 0 Å². The lowest BCUT2D eigenvalue weighted by atomic mass is 10.1. The van der Waals surface area contributed by atoms with Crippen molar-refractivity contribution in [2.75, 3.05) is 16.4 Å². The number of rotatable bonds is 5. The van der Waals surface area contributed by atoms with E-state index in [1.54, 1.807) is 18.6 Å². The minimum absolute atomic E-state index is 0.604. The summed E-state index contributed by atoms with van der Waals surface area (Å²) in [4.78, 5) is 12.9. The number of benzene rings is 1. The summed E-state index contributed by atoms with van der Waals surface area (Å²) in [5.41, 5.74) is 9.71. The number of nitrogens with zero attached hydrogens (tertiary/aromatic N) is 3. The fourth-order valence-corrected chi connectivity index (χ4v) is 2.69. The Morgan fingerprint density at radius 1 is 0.923 bits per heavy atom. The smallest absolute Gasteiger partial charge is 0.151 e. The summed E-state index contributed by atoms with van der Waals surface area (Å²) in [6.45, 7) is 0.626. The predicted octanol–water partition coefficient (Wildman–Crippen LogP) is 3.96. The van der Waals surface area contributed by atoms with Crippen LogP contribution in [0.2, 0.25) is 0 Å². The molecule has 26 heavy (non-hydrogen) atoms. The van der Waals surface area contributed by atoms with Gasteiger partial charge in [0.15, 0.2) is 5.82 Å². The third kappa shape index (κ3) is 3.54. The van der Waals surface area contributed by atoms with E-state index < -0.39 is 0 Å². The lowest BCUT2D eigenvalue weighted by Crippen LogP contribution is -2.06. The molecule has 3 aromatic heterocycles. The molecular formula is C20H18N6. The van der Waals surface area contributed by atoms with Crippen LogP contribution in [0.5, 0.6) is 0 Å². The van der Waals surface area contributed by atoms with Gasteiger partial charge in [-0.3, -0.25) is 9.97 Å². The van der Waals surface area contributed by atoms with Crippen LogP contribution in [-0.2, 0) is 6.54 Å². The van der Waals surface area contributed by atoms with E-state index in [1.807, 2.05) is 36.4 Å². The summed E-state index contributed by atoms with van der Waals surface area (Å²) >= 11 is 0. The van der Waals surface area contributed by atoms with Gasteiger partial charge in [0.2, 0.25) is 0 Å². The standard InChI is InChI=1S/C20H18N6/c21-17-4-6-19(25-16-7-10-22-11-8-16)26-20(17)24-13-14-3-5-18-15(12-14)2-1-9-23-18/h1-12H,13,21H2,(H2,22,24,25,26). The molecule has 0 saturated carbocycles. The molecule has 0 fully saturated rings. The molecule has 128 valence electrons. The number of pyridine rings is 3. The number of aromatic nitrogens is 3. The van der Waals surface area contributed by atoms with Gasteiger partial charge in [-0.1, -0.05) is 12.1 Å². The average Bonchev–Trinajstić information content (AvgIpc) is 2.69. The molecule has 0 aliphatic rings. The number of nitrogens with two attached hydrogens (primary N) is 1. The first-order valence-electron chi connectivity index (χ1n) is 8.29. The Morgan fingerprint density at radius 2 is 1.81 bits per heavy atom. The predicted molar refractivity (Wildman–Crippen MR) is 105 cm³/mol. The minimum atomic E-state index is 0.604. The first-order valence-corrected chi connectivity index (χ1v) is 8.29. The first kappa shape index (κ1) is 15.8. The maximum atomic E-state index is 6.06. The Labute approximate surface area is 151 Å². The van der Waals surface area contributed by atoms with Crippen LogP contribution in [-0.4, -0.2) is 15.0 Å². The Bertz CT molecular complexity index is 1030. The summed E-state index contributed by atoms with van der Waals surface area (Å²) < 4.78 is 0. The third-order valence-electron chi connectivity index (χ3n) is 4.01. The molecule has 6 nitrogen and oxygen atoms in total. The molecule has 4 aromatic rings. The molecule has 0 spiro atoms. The summed E-state index contributed by atoms with van der Waals surface area (Å²) in [7, 11) is 0. The Hall–Kier alpha value is -3.67. The second kappa shape index (κ2) is 7.06. The van der Waals surface area contributed by atoms with E-state index in [2.05, 4.69) is 43.8 Å². The Morgan fingerprint density at radius 3 is 2.69 bits per heavy atom. The summed E-state index contributed by atoms with van der Waals surface area (Å²) in [6.07, 6.45) is 5.26. The van der Waals surface area contributed by atoms with Crippen molar-refractivity contribution in [1.29, 1.82) is 0 Å². The molecule has 4 N–H and O–H groups in total. The van der Waals surface area contributed by atoms with E-state index in [0.717, 1.165) is 28.0 Å². The van der Waals surface area contributed by atoms with Crippen molar-refractivity contribution in [2.45, 2.75) is 6.54 Å². The SMILES string of the molecule is Nc1ccc(Nc2ccncc2)nc1NCc1ccc2ncccc2c1. The molecule has 6 heteroatoms. The zero-order valence-corrected chi connectivity index (χ0v) is 14.1. The van der Waals surface area contributed by atoms with E-state index in [4.69, 9.17) is 5.73 Å². The highest BCUT2D eigenvalue weighted by Gasteiger charge is 2.04. The fourth-order valence-electron chi connectivity index (χ4n) is 2.69. The molecule has 0 saturated heterocycles. The van der Waals surface area contributed by atoms with Crippen LogP contribution in [0.4, 0.5) is 23.0 Å². The molecule has 0 radical (unpaired) electrons. The highest BCUT2D eigenvalue weighted by molar-refractivity contribution is 5.79. The summed E-state index contributed by atoms with van der Waals surface area (Å²) in [5.74, 6) is 1.37. The lowest BCUT2D eigenvalue weighted by Gasteiger charge is -2.12. The van der Waals surface area contributed by atoms with Gasteiger partial charge < -0.3 is 16.4 Å². The van der Waals surface area contributed by atoms with Gasteiger partial charge in [-0.05, 0) is 48.0 Å². The first-order chi connectivity index (χ1) is 12.8. The third-order valence-corrected chi connectivity index (χ3v) is 4.01. The van der Waals surface area contributed by atoms with Gasteiger partial charge in [-0.25, -0.2) is 4.98 Å². The van der Waals surface area contributed by atoms with Crippen LogP contribution in [0.25, 0.3) is 10.9 Å². The Balaban J connectivity index is 1.50. The molecule has 4 rings (SSSR count). The highest BCUT2D eigenvalue weighted by Crippen LogP contribution is 2.22. The summed E-state index contributed by atoms with van der Waals surface area (Å²) in [6, 6.07) is 17.6. The van der Waals surface area contributed by atoms with Crippen LogP contribution < -0.4 is 16.4 Å². The van der Waals surface area contributed by atoms with E-state index in [1.165, 1.54) is 0 Å². The van der Waals surface area contributed by atoms with Crippen LogP contribution in [0.1, 0.15) is 5.56 Å². The van der Waals surface area contributed by atoms with Gasteiger partial charge in [-0.2, -0.15) is 0 Å². The van der Waals surface area contributed by atoms with Crippen molar-refractivity contribution in [1.82, 2.24) is 15.0 Å². The average molecular weight is 342 g/mol. The largest absolute Gasteiger partial charge is 0.396 e. The fraction of sp³-hybridized carbons (Fsp3) is 0.0500. The van der Waals surface area contributed by atoms with Gasteiger partial charge in [0.1, 0.15) is 5.82 Å². The maximum Gasteiger partial charge on any atom is 0.151 e. The number of hydrogen-bond donors (Lipinski definition) is 3. The molecule has 1 aromatic carbocycles. The number of hydrogen-bond acceptors (Lipinski definition) is 6. The number of anilines is 4. The van der Waals surface area contributed by atoms with Crippen molar-refractivity contribution in [2.24, 2.45) is 0 Å². The monoisotopic (exact) mass is 342 g/mol. The molecule has 0 unspecified atom stereocenters. The summed E-state index contributed by atoms with van der Waals surface area (Å²) in [5, 5.41) is 7.66. The molecule has 3 heterocycles. The van der Waals surface area contributed by atoms with Crippen LogP contribution >= 0.6 is 0 Å². The van der Waals surface area contributed by atoms with Gasteiger partial charge in [-0.15, -0.1) is 0 Å². The molecule has 0 aliphatic carbocycles. The Kier molecular flexibility index (Phi) is 4.30. The van der Waals surface area contributed by atoms with E-state index in [-0.39, 0.29) is 0 Å². The van der Waals surface area contributed by atoms with Gasteiger partial charge >= 0.3 is 0 Å². The number of nitrogen functional groups attached to an aromatic ring is 1. The van der Waals surface area contributed by atoms with Crippen LogP contribution in [0.15, 0.2) is 73.2 Å². The maximum absolute atomic E-state index is 6.06. The molecule has 0 aliphatic heterocycles. The van der Waals surface area contributed by atoms with E-state index in [9.17, 15) is 0 Å². The minimum Gasteiger partial charge on any atom is -0.396 e. The number of fused-ring (bicyclic) bond motifs is 1. The molecule has 0 atom stereocenters. The zero-order chi connectivity index (χ0) is 17.8. The van der Waals surface area contributed by atoms with Crippen molar-refractivity contribution in [3.63, 3.8) is 0 Å². The second-order valence-electron chi connectivity index (χ2n) is 5.88. The normalized spacial score (nSPS) is 10.6. The zero-order valence-electron chi connectivity index (χ0n) is 14.1. The number of nitrogens with one attached hydrogen (secondary N) is 2. The van der Waals surface area contributed by atoms with E-state index >= 15 is 0 Å². The molecular weight excluding hydrogens is 324 g/mol. The molecule has 0 bridgehead atoms. The quantitative estimate of drug-likeness (QED) is 0.509. The van der Waals surface area contributed by atoms with Crippen molar-refractivity contribution in [3.05, 3.63) is 78.8 Å². The molecule has 0 amide bonds. The second-order valence-corrected chi connectivity index (χ2v) is 5.88. The van der Waals surface area contributed by atoms with Gasteiger partial charge in [0.05, 0.1) is 11.2 Å². The highest BCUT2D eigenvalue weighted by atomic mass is 15.1. The van der Waals surface area contributed by atoms with Crippen LogP contribution in [0, 0.1) is 0 Å². The van der Waals surface area contributed by atoms with Gasteiger partial charge in [0, 0.05) is 36.2 Å².